The molecule has 1 aliphatic rings. The predicted molar refractivity (Wildman–Crippen MR) is 103 cm³/mol. The first-order chi connectivity index (χ1) is 13.4. The lowest BCUT2D eigenvalue weighted by Gasteiger charge is -2.31. The van der Waals surface area contributed by atoms with Crippen molar-refractivity contribution in [1.82, 2.24) is 4.57 Å². The Labute approximate surface area is 176 Å². The molecule has 0 atom stereocenters. The summed E-state index contributed by atoms with van der Waals surface area (Å²) in [6.45, 7) is 2.23. The van der Waals surface area contributed by atoms with Crippen molar-refractivity contribution >= 4 is 17.0 Å². The van der Waals surface area contributed by atoms with Crippen molar-refractivity contribution in [1.29, 1.82) is 5.41 Å². The Hall–Kier alpha value is -2.29. The van der Waals surface area contributed by atoms with Crippen LogP contribution in [0.25, 0.3) is 16.9 Å². The second kappa shape index (κ2) is 8.61. The maximum atomic E-state index is 13.4. The number of nitrogens with one attached hydrogen (secondary N) is 1. The second-order valence-electron chi connectivity index (χ2n) is 6.43. The van der Waals surface area contributed by atoms with Crippen LogP contribution in [-0.4, -0.2) is 30.9 Å². The molecule has 0 aliphatic carbocycles. The molecule has 0 bridgehead atoms. The molecule has 29 heavy (non-hydrogen) atoms. The zero-order chi connectivity index (χ0) is 19.7. The zero-order valence-electron chi connectivity index (χ0n) is 15.2. The number of benzene rings is 2. The van der Waals surface area contributed by atoms with Crippen LogP contribution in [0.15, 0.2) is 53.9 Å². The van der Waals surface area contributed by atoms with Crippen molar-refractivity contribution in [3.63, 3.8) is 0 Å². The molecular formula is C20H18ClF3N3OS-. The molecule has 0 unspecified atom stereocenters. The number of thiazole rings is 1. The van der Waals surface area contributed by atoms with Gasteiger partial charge in [-0.2, -0.15) is 13.2 Å². The van der Waals surface area contributed by atoms with E-state index in [1.165, 1.54) is 17.4 Å². The Morgan fingerprint density at radius 2 is 1.66 bits per heavy atom. The minimum absolute atomic E-state index is 0. The van der Waals surface area contributed by atoms with Crippen LogP contribution in [0.1, 0.15) is 5.56 Å². The maximum Gasteiger partial charge on any atom is 0.416 e. The van der Waals surface area contributed by atoms with Crippen molar-refractivity contribution in [2.45, 2.75) is 6.18 Å². The van der Waals surface area contributed by atoms with E-state index in [-0.39, 0.29) is 17.2 Å². The summed E-state index contributed by atoms with van der Waals surface area (Å²) in [6.07, 6.45) is -4.45. The van der Waals surface area contributed by atoms with E-state index >= 15 is 0 Å². The largest absolute Gasteiger partial charge is 1.00 e. The summed E-state index contributed by atoms with van der Waals surface area (Å²) in [6, 6.07) is 13.1. The Kier molecular flexibility index (Phi) is 6.36. The molecule has 154 valence electrons. The molecule has 0 spiro atoms. The lowest BCUT2D eigenvalue weighted by molar-refractivity contribution is -0.137. The van der Waals surface area contributed by atoms with Gasteiger partial charge in [0.05, 0.1) is 35.8 Å². The number of morpholine rings is 1. The fourth-order valence-corrected chi connectivity index (χ4v) is 4.09. The van der Waals surface area contributed by atoms with E-state index in [4.69, 9.17) is 10.1 Å². The molecule has 3 aromatic rings. The third-order valence-corrected chi connectivity index (χ3v) is 5.44. The van der Waals surface area contributed by atoms with E-state index in [2.05, 4.69) is 0 Å². The summed E-state index contributed by atoms with van der Waals surface area (Å²) in [5.41, 5.74) is 1.86. The van der Waals surface area contributed by atoms with Crippen LogP contribution < -0.4 is 22.1 Å². The highest BCUT2D eigenvalue weighted by Crippen LogP contribution is 2.36. The Morgan fingerprint density at radius 3 is 2.31 bits per heavy atom. The lowest BCUT2D eigenvalue weighted by atomic mass is 10.1. The normalized spacial score (nSPS) is 14.5. The molecule has 1 fully saturated rings. The standard InChI is InChI=1S/C20H18F3N3OS.ClH/c21-20(22,23)15-6-7-16(25-8-10-27-11-9-25)17(12-15)26-18(13-28-19(26)24)14-4-2-1-3-5-14;/h1-7,12-13,24H,8-11H2;1H/p-1. The molecule has 4 nitrogen and oxygen atoms in total. The monoisotopic (exact) mass is 440 g/mol. The third-order valence-electron chi connectivity index (χ3n) is 4.69. The predicted octanol–water partition coefficient (Wildman–Crippen LogP) is 1.54. The van der Waals surface area contributed by atoms with Gasteiger partial charge in [0, 0.05) is 18.5 Å². The lowest BCUT2D eigenvalue weighted by Crippen LogP contribution is -3.00. The quantitative estimate of drug-likeness (QED) is 0.671. The van der Waals surface area contributed by atoms with Crippen molar-refractivity contribution in [2.24, 2.45) is 0 Å². The van der Waals surface area contributed by atoms with Gasteiger partial charge in [-0.1, -0.05) is 30.3 Å². The van der Waals surface area contributed by atoms with Gasteiger partial charge in [-0.25, -0.2) is 0 Å². The molecule has 0 saturated carbocycles. The number of nitrogens with zero attached hydrogens (tertiary/aromatic N) is 2. The minimum atomic E-state index is -4.45. The van der Waals surface area contributed by atoms with Crippen LogP contribution in [0.5, 0.6) is 0 Å². The first-order valence-electron chi connectivity index (χ1n) is 8.80. The smallest absolute Gasteiger partial charge is 0.416 e. The molecule has 1 aliphatic heterocycles. The highest BCUT2D eigenvalue weighted by atomic mass is 35.5. The van der Waals surface area contributed by atoms with Crippen LogP contribution >= 0.6 is 11.3 Å². The van der Waals surface area contributed by atoms with Gasteiger partial charge in [-0.3, -0.25) is 9.98 Å². The van der Waals surface area contributed by atoms with E-state index in [1.807, 2.05) is 35.2 Å². The van der Waals surface area contributed by atoms with Crippen LogP contribution in [0, 0.1) is 5.41 Å². The fraction of sp³-hybridized carbons (Fsp3) is 0.250. The summed E-state index contributed by atoms with van der Waals surface area (Å²) >= 11 is 1.19. The number of hydrogen-bond donors (Lipinski definition) is 1. The van der Waals surface area contributed by atoms with Gasteiger partial charge in [0.25, 0.3) is 0 Å². The number of aromatic nitrogens is 1. The highest BCUT2D eigenvalue weighted by molar-refractivity contribution is 7.07. The molecular weight excluding hydrogens is 423 g/mol. The Morgan fingerprint density at radius 1 is 0.966 bits per heavy atom. The molecule has 1 aromatic heterocycles. The average Bonchev–Trinajstić information content (AvgIpc) is 3.09. The van der Waals surface area contributed by atoms with E-state index in [0.29, 0.717) is 43.4 Å². The first kappa shape index (κ1) is 21.4. The summed E-state index contributed by atoms with van der Waals surface area (Å²) in [5.74, 6) is 0. The van der Waals surface area contributed by atoms with Crippen LogP contribution in [0.3, 0.4) is 0 Å². The zero-order valence-corrected chi connectivity index (χ0v) is 16.8. The summed E-state index contributed by atoms with van der Waals surface area (Å²) in [7, 11) is 0. The molecule has 1 N–H and O–H groups in total. The van der Waals surface area contributed by atoms with E-state index in [1.54, 1.807) is 9.95 Å². The molecule has 4 rings (SSSR count). The Balaban J connectivity index is 0.00000240. The molecule has 1 saturated heterocycles. The topological polar surface area (TPSA) is 41.2 Å². The molecule has 2 heterocycles. The summed E-state index contributed by atoms with van der Waals surface area (Å²) in [5, 5.41) is 10.2. The first-order valence-corrected chi connectivity index (χ1v) is 9.68. The van der Waals surface area contributed by atoms with Gasteiger partial charge < -0.3 is 22.0 Å². The number of rotatable bonds is 3. The van der Waals surface area contributed by atoms with Crippen LogP contribution in [-0.2, 0) is 10.9 Å². The van der Waals surface area contributed by atoms with Gasteiger partial charge in [-0.05, 0) is 23.8 Å². The van der Waals surface area contributed by atoms with Gasteiger partial charge in [0.2, 0.25) is 0 Å². The van der Waals surface area contributed by atoms with Crippen LogP contribution in [0.4, 0.5) is 18.9 Å². The van der Waals surface area contributed by atoms with Crippen molar-refractivity contribution in [3.05, 3.63) is 64.3 Å². The van der Waals surface area contributed by atoms with E-state index < -0.39 is 11.7 Å². The SMILES string of the molecule is N=c1scc(-c2ccccc2)n1-c1cc(C(F)(F)F)ccc1N1CCOCC1.[Cl-]. The molecule has 0 amide bonds. The van der Waals surface area contributed by atoms with E-state index in [9.17, 15) is 13.2 Å². The molecule has 2 aromatic carbocycles. The van der Waals surface area contributed by atoms with E-state index in [0.717, 1.165) is 17.7 Å². The maximum absolute atomic E-state index is 13.4. The number of ether oxygens (including phenoxy) is 1. The minimum Gasteiger partial charge on any atom is -1.00 e. The number of halogens is 4. The average molecular weight is 441 g/mol. The van der Waals surface area contributed by atoms with Crippen molar-refractivity contribution in [2.75, 3.05) is 31.2 Å². The number of anilines is 1. The fourth-order valence-electron chi connectivity index (χ4n) is 3.32. The van der Waals surface area contributed by atoms with Gasteiger partial charge in [0.1, 0.15) is 0 Å². The van der Waals surface area contributed by atoms with Crippen molar-refractivity contribution < 1.29 is 30.3 Å². The van der Waals surface area contributed by atoms with Crippen molar-refractivity contribution in [3.8, 4) is 16.9 Å². The summed E-state index contributed by atoms with van der Waals surface area (Å²) < 4.78 is 47.2. The molecule has 9 heteroatoms. The Bertz CT molecular complexity index is 1030. The highest BCUT2D eigenvalue weighted by Gasteiger charge is 2.32. The van der Waals surface area contributed by atoms with Crippen LogP contribution in [0.2, 0.25) is 0 Å². The summed E-state index contributed by atoms with van der Waals surface area (Å²) in [4.78, 5) is 2.19. The third kappa shape index (κ3) is 4.34. The second-order valence-corrected chi connectivity index (χ2v) is 7.29. The van der Waals surface area contributed by atoms with Gasteiger partial charge in [0.15, 0.2) is 4.80 Å². The number of alkyl halides is 3. The number of hydrogen-bond acceptors (Lipinski definition) is 4. The van der Waals surface area contributed by atoms with Gasteiger partial charge >= 0.3 is 6.18 Å². The molecule has 0 radical (unpaired) electrons. The van der Waals surface area contributed by atoms with Gasteiger partial charge in [-0.15, -0.1) is 11.3 Å².